The Kier molecular flexibility index (Phi) is 4.61. The fourth-order valence-corrected chi connectivity index (χ4v) is 2.65. The van der Waals surface area contributed by atoms with Gasteiger partial charge in [-0.1, -0.05) is 0 Å². The maximum Gasteiger partial charge on any atom is 0.250 e. The van der Waals surface area contributed by atoms with Gasteiger partial charge in [-0.25, -0.2) is 0 Å². The number of aliphatic hydroxyl groups is 1. The van der Waals surface area contributed by atoms with Crippen LogP contribution in [0.25, 0.3) is 0 Å². The van der Waals surface area contributed by atoms with E-state index in [-0.39, 0.29) is 11.7 Å². The summed E-state index contributed by atoms with van der Waals surface area (Å²) in [5.74, 6) is 0.398. The third-order valence-corrected chi connectivity index (χ3v) is 3.87. The molecule has 0 spiro atoms. The van der Waals surface area contributed by atoms with Gasteiger partial charge in [-0.15, -0.1) is 0 Å². The highest BCUT2D eigenvalue weighted by Crippen LogP contribution is 2.19. The average molecular weight is 265 g/mol. The summed E-state index contributed by atoms with van der Waals surface area (Å²) in [5, 5.41) is 9.55. The van der Waals surface area contributed by atoms with E-state index in [2.05, 4.69) is 4.90 Å². The minimum Gasteiger partial charge on any atom is -0.398 e. The van der Waals surface area contributed by atoms with E-state index < -0.39 is 0 Å². The molecule has 0 bridgehead atoms. The number of anilines is 1. The predicted molar refractivity (Wildman–Crippen MR) is 76.0 cm³/mol. The highest BCUT2D eigenvalue weighted by atomic mass is 16.3. The summed E-state index contributed by atoms with van der Waals surface area (Å²) in [4.78, 5) is 14.0. The Bertz CT molecular complexity index is 470. The molecule has 1 saturated heterocycles. The lowest BCUT2D eigenvalue weighted by molar-refractivity contribution is 0.127. The van der Waals surface area contributed by atoms with Crippen molar-refractivity contribution in [2.45, 2.75) is 32.4 Å². The number of likely N-dealkylation sites (tertiary alicyclic amines) is 1. The van der Waals surface area contributed by atoms with E-state index in [1.165, 1.54) is 6.07 Å². The van der Waals surface area contributed by atoms with Crippen LogP contribution in [0.1, 0.15) is 19.8 Å². The van der Waals surface area contributed by atoms with Crippen LogP contribution < -0.4 is 11.3 Å². The Morgan fingerprint density at radius 1 is 1.47 bits per heavy atom. The number of nitrogens with zero attached hydrogens (tertiary/aromatic N) is 2. The van der Waals surface area contributed by atoms with Crippen LogP contribution in [-0.4, -0.2) is 40.3 Å². The molecule has 3 N–H and O–H groups in total. The van der Waals surface area contributed by atoms with Gasteiger partial charge >= 0.3 is 0 Å². The molecular weight excluding hydrogens is 242 g/mol. The summed E-state index contributed by atoms with van der Waals surface area (Å²) in [6.45, 7) is 5.52. The van der Waals surface area contributed by atoms with Gasteiger partial charge in [0.1, 0.15) is 0 Å². The Hall–Kier alpha value is -1.33. The maximum absolute atomic E-state index is 11.6. The summed E-state index contributed by atoms with van der Waals surface area (Å²) in [7, 11) is 0. The number of hydrogen-bond donors (Lipinski definition) is 2. The van der Waals surface area contributed by atoms with Crippen LogP contribution in [-0.2, 0) is 6.54 Å². The molecule has 2 heterocycles. The third kappa shape index (κ3) is 3.81. The van der Waals surface area contributed by atoms with Crippen molar-refractivity contribution >= 4 is 5.69 Å². The van der Waals surface area contributed by atoms with Crippen molar-refractivity contribution in [2.75, 3.05) is 25.4 Å². The van der Waals surface area contributed by atoms with Gasteiger partial charge in [0.2, 0.25) is 0 Å². The molecule has 1 fully saturated rings. The first-order valence-corrected chi connectivity index (χ1v) is 6.92. The van der Waals surface area contributed by atoms with Gasteiger partial charge in [0.25, 0.3) is 5.56 Å². The molecule has 106 valence electrons. The molecule has 1 aliphatic rings. The molecule has 0 amide bonds. The van der Waals surface area contributed by atoms with Crippen LogP contribution in [0.3, 0.4) is 0 Å². The van der Waals surface area contributed by atoms with Crippen molar-refractivity contribution in [3.05, 3.63) is 28.7 Å². The van der Waals surface area contributed by atoms with Gasteiger partial charge in [0.05, 0.1) is 6.10 Å². The van der Waals surface area contributed by atoms with Crippen molar-refractivity contribution in [3.63, 3.8) is 0 Å². The molecule has 0 aromatic carbocycles. The van der Waals surface area contributed by atoms with E-state index >= 15 is 0 Å². The topological polar surface area (TPSA) is 71.5 Å². The fraction of sp³-hybridized carbons (Fsp3) is 0.643. The van der Waals surface area contributed by atoms with Crippen LogP contribution in [0.5, 0.6) is 0 Å². The van der Waals surface area contributed by atoms with Gasteiger partial charge in [-0.2, -0.15) is 0 Å². The fourth-order valence-electron chi connectivity index (χ4n) is 2.65. The first-order chi connectivity index (χ1) is 9.06. The molecule has 2 rings (SSSR count). The minimum absolute atomic E-state index is 0.00233. The first-order valence-electron chi connectivity index (χ1n) is 6.92. The van der Waals surface area contributed by atoms with E-state index in [4.69, 9.17) is 5.73 Å². The van der Waals surface area contributed by atoms with E-state index in [0.717, 1.165) is 32.5 Å². The monoisotopic (exact) mass is 265 g/mol. The summed E-state index contributed by atoms with van der Waals surface area (Å²) in [5.41, 5.74) is 6.29. The molecule has 5 nitrogen and oxygen atoms in total. The first kappa shape index (κ1) is 14.1. The summed E-state index contributed by atoms with van der Waals surface area (Å²) >= 11 is 0. The predicted octanol–water partition coefficient (Wildman–Crippen LogP) is 0.523. The zero-order valence-electron chi connectivity index (χ0n) is 11.5. The second-order valence-electron chi connectivity index (χ2n) is 5.44. The Balaban J connectivity index is 1.78. The highest BCUT2D eigenvalue weighted by Gasteiger charge is 2.25. The number of nitrogens with two attached hydrogens (primary N) is 1. The summed E-state index contributed by atoms with van der Waals surface area (Å²) in [6.07, 6.45) is 3.47. The Labute approximate surface area is 113 Å². The second-order valence-corrected chi connectivity index (χ2v) is 5.44. The molecular formula is C14H23N3O2. The smallest absolute Gasteiger partial charge is 0.250 e. The number of hydrogen-bond acceptors (Lipinski definition) is 4. The number of pyridine rings is 1. The molecule has 0 saturated carbocycles. The third-order valence-electron chi connectivity index (χ3n) is 3.87. The van der Waals surface area contributed by atoms with Crippen molar-refractivity contribution in [1.82, 2.24) is 9.47 Å². The van der Waals surface area contributed by atoms with Crippen LogP contribution in [0.4, 0.5) is 5.69 Å². The molecule has 2 unspecified atom stereocenters. The summed E-state index contributed by atoms with van der Waals surface area (Å²) < 4.78 is 1.66. The van der Waals surface area contributed by atoms with Crippen molar-refractivity contribution in [3.8, 4) is 0 Å². The number of aliphatic hydroxyl groups excluding tert-OH is 1. The molecule has 0 aliphatic carbocycles. The van der Waals surface area contributed by atoms with Gasteiger partial charge in [-0.05, 0) is 44.8 Å². The van der Waals surface area contributed by atoms with Crippen molar-refractivity contribution in [1.29, 1.82) is 0 Å². The van der Waals surface area contributed by atoms with Gasteiger partial charge in [-0.3, -0.25) is 4.79 Å². The molecule has 0 radical (unpaired) electrons. The number of aryl methyl sites for hydroxylation is 1. The Morgan fingerprint density at radius 2 is 2.26 bits per heavy atom. The normalized spacial score (nSPS) is 21.7. The van der Waals surface area contributed by atoms with Crippen LogP contribution >= 0.6 is 0 Å². The zero-order chi connectivity index (χ0) is 13.8. The Morgan fingerprint density at radius 3 is 2.95 bits per heavy atom. The second kappa shape index (κ2) is 6.21. The lowest BCUT2D eigenvalue weighted by Gasteiger charge is -2.17. The van der Waals surface area contributed by atoms with Gasteiger partial charge in [0.15, 0.2) is 0 Å². The number of aromatic nitrogens is 1. The molecule has 19 heavy (non-hydrogen) atoms. The number of nitrogen functional groups attached to an aromatic ring is 1. The van der Waals surface area contributed by atoms with Crippen molar-refractivity contribution in [2.24, 2.45) is 5.92 Å². The van der Waals surface area contributed by atoms with E-state index in [0.29, 0.717) is 18.2 Å². The highest BCUT2D eigenvalue weighted by molar-refractivity contribution is 5.33. The van der Waals surface area contributed by atoms with E-state index in [1.807, 2.05) is 6.92 Å². The van der Waals surface area contributed by atoms with Gasteiger partial charge < -0.3 is 20.3 Å². The molecule has 1 aromatic rings. The SMILES string of the molecule is CC(O)C1CCN(CCCn2cc(N)ccc2=O)C1. The van der Waals surface area contributed by atoms with E-state index in [9.17, 15) is 9.90 Å². The van der Waals surface area contributed by atoms with Crippen LogP contribution in [0, 0.1) is 5.92 Å². The standard InChI is InChI=1S/C14H23N3O2/c1-11(18)12-5-8-16(9-12)6-2-7-17-10-13(15)3-4-14(17)19/h3-4,10-12,18H,2,5-9,15H2,1H3. The zero-order valence-corrected chi connectivity index (χ0v) is 11.5. The molecule has 2 atom stereocenters. The molecule has 1 aliphatic heterocycles. The molecule has 1 aromatic heterocycles. The average Bonchev–Trinajstić information content (AvgIpc) is 2.82. The minimum atomic E-state index is -0.221. The van der Waals surface area contributed by atoms with Crippen LogP contribution in [0.2, 0.25) is 0 Å². The molecule has 5 heteroatoms. The lowest BCUT2D eigenvalue weighted by Crippen LogP contribution is -2.27. The lowest BCUT2D eigenvalue weighted by atomic mass is 10.0. The van der Waals surface area contributed by atoms with E-state index in [1.54, 1.807) is 16.8 Å². The van der Waals surface area contributed by atoms with Crippen LogP contribution in [0.15, 0.2) is 23.1 Å². The van der Waals surface area contributed by atoms with Gasteiger partial charge in [0, 0.05) is 31.0 Å². The quantitative estimate of drug-likeness (QED) is 0.814. The maximum atomic E-state index is 11.6. The number of rotatable bonds is 5. The largest absolute Gasteiger partial charge is 0.398 e. The van der Waals surface area contributed by atoms with Crippen molar-refractivity contribution < 1.29 is 5.11 Å². The summed E-state index contributed by atoms with van der Waals surface area (Å²) in [6, 6.07) is 3.14.